The van der Waals surface area contributed by atoms with E-state index in [1.807, 2.05) is 0 Å². The molecule has 0 rings (SSSR count). The van der Waals surface area contributed by atoms with Crippen LogP contribution in [0.25, 0.3) is 0 Å². The fourth-order valence-corrected chi connectivity index (χ4v) is 3.28. The van der Waals surface area contributed by atoms with Crippen LogP contribution in [0.5, 0.6) is 0 Å². The number of unbranched alkanes of at least 4 members (excludes halogenated alkanes) is 6. The summed E-state index contributed by atoms with van der Waals surface area (Å²) in [6, 6.07) is 0. The third kappa shape index (κ3) is 18.9. The normalized spacial score (nSPS) is 11.1. The van der Waals surface area contributed by atoms with Crippen LogP contribution in [0.2, 0.25) is 4.55 Å². The lowest BCUT2D eigenvalue weighted by molar-refractivity contribution is -0.0531. The molecule has 116 valence electrons. The van der Waals surface area contributed by atoms with Crippen molar-refractivity contribution in [3.63, 3.8) is 0 Å². The molecule has 0 heterocycles. The number of hydrogen-bond donors (Lipinski definition) is 0. The van der Waals surface area contributed by atoms with Crippen molar-refractivity contribution >= 4 is 31.1 Å². The molecular formula is C16H31BrMgO2. The van der Waals surface area contributed by atoms with E-state index in [9.17, 15) is 0 Å². The van der Waals surface area contributed by atoms with Gasteiger partial charge >= 0.3 is 18.2 Å². The highest BCUT2D eigenvalue weighted by molar-refractivity contribution is 9.23. The minimum Gasteiger partial charge on any atom is -0.355 e. The van der Waals surface area contributed by atoms with Gasteiger partial charge in [0.05, 0.1) is 6.61 Å². The molecule has 20 heavy (non-hydrogen) atoms. The maximum absolute atomic E-state index is 5.46. The lowest BCUT2D eigenvalue weighted by atomic mass is 10.1. The Hall–Kier alpha value is 0.906. The van der Waals surface area contributed by atoms with E-state index in [1.54, 1.807) is 0 Å². The molecule has 0 saturated carbocycles. The zero-order chi connectivity index (χ0) is 14.7. The minimum absolute atomic E-state index is 0.0594. The molecule has 0 radical (unpaired) electrons. The molecule has 0 aliphatic carbocycles. The van der Waals surface area contributed by atoms with Crippen molar-refractivity contribution in [3.05, 3.63) is 12.2 Å². The summed E-state index contributed by atoms with van der Waals surface area (Å²) in [5.41, 5.74) is 0. The third-order valence-electron chi connectivity index (χ3n) is 3.16. The van der Waals surface area contributed by atoms with Crippen LogP contribution in [0.4, 0.5) is 0 Å². The van der Waals surface area contributed by atoms with Gasteiger partial charge in [-0.3, -0.25) is 0 Å². The van der Waals surface area contributed by atoms with Crippen molar-refractivity contribution in [2.45, 2.75) is 69.3 Å². The smallest absolute Gasteiger partial charge is 0.355 e. The molecule has 0 amide bonds. The van der Waals surface area contributed by atoms with Gasteiger partial charge in [-0.25, -0.2) is 0 Å². The zero-order valence-electron chi connectivity index (χ0n) is 13.2. The lowest BCUT2D eigenvalue weighted by Crippen LogP contribution is -2.02. The first kappa shape index (κ1) is 20.9. The van der Waals surface area contributed by atoms with E-state index >= 15 is 0 Å². The van der Waals surface area contributed by atoms with Crippen LogP contribution in [0.3, 0.4) is 0 Å². The van der Waals surface area contributed by atoms with E-state index in [-0.39, 0.29) is 18.2 Å². The molecule has 4 heteroatoms. The SMILES string of the molecule is CCCCCCCCCOCOCC/C=C\C[CH2][Mg][Br]. The second-order valence-corrected chi connectivity index (χ2v) is 8.61. The molecular weight excluding hydrogens is 328 g/mol. The zero-order valence-corrected chi connectivity index (χ0v) is 16.2. The number of halogens is 1. The van der Waals surface area contributed by atoms with Gasteiger partial charge < -0.3 is 22.4 Å². The molecule has 0 aromatic carbocycles. The van der Waals surface area contributed by atoms with E-state index in [1.165, 1.54) is 55.9 Å². The Balaban J connectivity index is 2.97. The number of ether oxygens (including phenoxy) is 2. The third-order valence-corrected chi connectivity index (χ3v) is 5.52. The Morgan fingerprint density at radius 2 is 1.50 bits per heavy atom. The maximum atomic E-state index is 5.46. The molecule has 0 bridgehead atoms. The highest BCUT2D eigenvalue weighted by Crippen LogP contribution is 2.06. The predicted octanol–water partition coefficient (Wildman–Crippen LogP) is 5.50. The highest BCUT2D eigenvalue weighted by Gasteiger charge is 1.92. The Bertz CT molecular complexity index is 201. The Morgan fingerprint density at radius 1 is 0.850 bits per heavy atom. The lowest BCUT2D eigenvalue weighted by Gasteiger charge is -2.05. The van der Waals surface area contributed by atoms with Gasteiger partial charge in [-0.1, -0.05) is 64.0 Å². The Labute approximate surface area is 141 Å². The van der Waals surface area contributed by atoms with Crippen molar-refractivity contribution in [1.82, 2.24) is 0 Å². The van der Waals surface area contributed by atoms with E-state index < -0.39 is 0 Å². The van der Waals surface area contributed by atoms with Crippen LogP contribution in [0.15, 0.2) is 12.2 Å². The standard InChI is InChI=1S/C16H31O2.BrH.Mg/c1-3-5-7-9-10-11-13-15-18-16-17-14-12-8-6-4-2;;/h6,8H,2-5,7,9-16H2,1H3;1H;/q;;+1/p-1/b8-6-;;. The molecule has 0 fully saturated rings. The molecule has 0 aromatic heterocycles. The van der Waals surface area contributed by atoms with Crippen molar-refractivity contribution in [2.75, 3.05) is 20.0 Å². The van der Waals surface area contributed by atoms with Gasteiger partial charge in [-0.2, -0.15) is 0 Å². The molecule has 0 N–H and O–H groups in total. The summed E-state index contributed by atoms with van der Waals surface area (Å²) in [7, 11) is 0. The van der Waals surface area contributed by atoms with Crippen LogP contribution in [-0.4, -0.2) is 38.2 Å². The summed E-state index contributed by atoms with van der Waals surface area (Å²) in [6.45, 7) is 4.34. The molecule has 0 aliphatic rings. The van der Waals surface area contributed by atoms with Crippen LogP contribution in [-0.2, 0) is 9.47 Å². The number of allylic oxidation sites excluding steroid dienone is 1. The Kier molecular flexibility index (Phi) is 20.8. The van der Waals surface area contributed by atoms with Crippen molar-refractivity contribution in [2.24, 2.45) is 0 Å². The number of rotatable bonds is 16. The minimum atomic E-state index is 0.0594. The average molecular weight is 360 g/mol. The van der Waals surface area contributed by atoms with Crippen molar-refractivity contribution in [1.29, 1.82) is 0 Å². The first-order chi connectivity index (χ1) is 9.91. The summed E-state index contributed by atoms with van der Waals surface area (Å²) < 4.78 is 12.2. The highest BCUT2D eigenvalue weighted by atomic mass is 79.9. The Morgan fingerprint density at radius 3 is 2.25 bits per heavy atom. The van der Waals surface area contributed by atoms with Crippen molar-refractivity contribution < 1.29 is 9.47 Å². The van der Waals surface area contributed by atoms with E-state index in [0.29, 0.717) is 6.79 Å². The van der Waals surface area contributed by atoms with Gasteiger partial charge in [0.15, 0.2) is 0 Å². The van der Waals surface area contributed by atoms with Gasteiger partial charge in [0.25, 0.3) is 0 Å². The largest absolute Gasteiger partial charge is 0.468 e. The first-order valence-electron chi connectivity index (χ1n) is 8.28. The van der Waals surface area contributed by atoms with Crippen LogP contribution >= 0.6 is 12.9 Å². The molecule has 0 aromatic rings. The monoisotopic (exact) mass is 358 g/mol. The van der Waals surface area contributed by atoms with E-state index in [4.69, 9.17) is 9.47 Å². The van der Waals surface area contributed by atoms with Gasteiger partial charge in [0.1, 0.15) is 6.79 Å². The summed E-state index contributed by atoms with van der Waals surface area (Å²) in [4.78, 5) is 0. The summed E-state index contributed by atoms with van der Waals surface area (Å²) in [6.07, 6.45) is 16.0. The fraction of sp³-hybridized carbons (Fsp3) is 0.875. The summed E-state index contributed by atoms with van der Waals surface area (Å²) in [5, 5.41) is 0. The van der Waals surface area contributed by atoms with E-state index in [0.717, 1.165) is 19.6 Å². The van der Waals surface area contributed by atoms with Crippen LogP contribution in [0.1, 0.15) is 64.7 Å². The van der Waals surface area contributed by atoms with E-state index in [2.05, 4.69) is 32.0 Å². The molecule has 0 atom stereocenters. The van der Waals surface area contributed by atoms with Crippen molar-refractivity contribution in [3.8, 4) is 0 Å². The average Bonchev–Trinajstić information content (AvgIpc) is 2.47. The maximum Gasteiger partial charge on any atom is 0.468 e. The van der Waals surface area contributed by atoms with Crippen LogP contribution < -0.4 is 0 Å². The molecule has 0 spiro atoms. The molecule has 2 nitrogen and oxygen atoms in total. The van der Waals surface area contributed by atoms with Crippen LogP contribution in [0, 0.1) is 0 Å². The van der Waals surface area contributed by atoms with Gasteiger partial charge in [0.2, 0.25) is 0 Å². The molecule has 0 saturated heterocycles. The predicted molar refractivity (Wildman–Crippen MR) is 92.6 cm³/mol. The second kappa shape index (κ2) is 19.9. The topological polar surface area (TPSA) is 18.5 Å². The summed E-state index contributed by atoms with van der Waals surface area (Å²) >= 11 is 3.62. The van der Waals surface area contributed by atoms with Gasteiger partial charge in [-0.15, -0.1) is 4.55 Å². The van der Waals surface area contributed by atoms with Gasteiger partial charge in [0, 0.05) is 6.61 Å². The quantitative estimate of drug-likeness (QED) is 0.157. The molecule has 0 aliphatic heterocycles. The first-order valence-corrected chi connectivity index (χ1v) is 13.2. The van der Waals surface area contributed by atoms with Gasteiger partial charge in [-0.05, 0) is 12.8 Å². The molecule has 0 unspecified atom stereocenters. The number of hydrogen-bond acceptors (Lipinski definition) is 2. The summed E-state index contributed by atoms with van der Waals surface area (Å²) in [5.74, 6) is 0. The fourth-order valence-electron chi connectivity index (χ4n) is 1.92. The second-order valence-electron chi connectivity index (χ2n) is 5.15.